The van der Waals surface area contributed by atoms with Crippen molar-refractivity contribution in [3.8, 4) is 0 Å². The molecule has 0 saturated heterocycles. The standard InChI is InChI=1S/C14H13BrClNO/c15-12-3-1-10(2-4-12)8-18-9-11-7-13(17)5-6-14(11)16/h1-7H,8-9,17H2. The van der Waals surface area contributed by atoms with Crippen LogP contribution in [0.15, 0.2) is 46.9 Å². The van der Waals surface area contributed by atoms with E-state index < -0.39 is 0 Å². The van der Waals surface area contributed by atoms with Crippen molar-refractivity contribution in [1.82, 2.24) is 0 Å². The molecule has 0 unspecified atom stereocenters. The van der Waals surface area contributed by atoms with Crippen molar-refractivity contribution in [1.29, 1.82) is 0 Å². The highest BCUT2D eigenvalue weighted by Crippen LogP contribution is 2.20. The molecule has 2 nitrogen and oxygen atoms in total. The van der Waals surface area contributed by atoms with Gasteiger partial charge in [-0.25, -0.2) is 0 Å². The molecule has 0 heterocycles. The number of rotatable bonds is 4. The number of hydrogen-bond acceptors (Lipinski definition) is 2. The van der Waals surface area contributed by atoms with Gasteiger partial charge in [-0.05, 0) is 41.5 Å². The van der Waals surface area contributed by atoms with Gasteiger partial charge >= 0.3 is 0 Å². The molecule has 0 aromatic heterocycles. The minimum absolute atomic E-state index is 0.458. The molecule has 18 heavy (non-hydrogen) atoms. The van der Waals surface area contributed by atoms with E-state index in [0.717, 1.165) is 15.6 Å². The summed E-state index contributed by atoms with van der Waals surface area (Å²) in [6.45, 7) is 1.01. The van der Waals surface area contributed by atoms with E-state index in [0.29, 0.717) is 23.9 Å². The molecule has 94 valence electrons. The summed E-state index contributed by atoms with van der Waals surface area (Å²) in [6.07, 6.45) is 0. The van der Waals surface area contributed by atoms with Gasteiger partial charge in [0.05, 0.1) is 13.2 Å². The zero-order chi connectivity index (χ0) is 13.0. The molecular weight excluding hydrogens is 314 g/mol. The summed E-state index contributed by atoms with van der Waals surface area (Å²) < 4.78 is 6.69. The summed E-state index contributed by atoms with van der Waals surface area (Å²) >= 11 is 9.45. The molecule has 2 aromatic carbocycles. The van der Waals surface area contributed by atoms with Gasteiger partial charge in [0.1, 0.15) is 0 Å². The lowest BCUT2D eigenvalue weighted by Gasteiger charge is -2.07. The zero-order valence-corrected chi connectivity index (χ0v) is 12.0. The van der Waals surface area contributed by atoms with Crippen molar-refractivity contribution in [2.75, 3.05) is 5.73 Å². The number of benzene rings is 2. The highest BCUT2D eigenvalue weighted by Gasteiger charge is 2.01. The summed E-state index contributed by atoms with van der Waals surface area (Å²) in [5.74, 6) is 0. The number of anilines is 1. The molecule has 0 fully saturated rings. The van der Waals surface area contributed by atoms with Crippen LogP contribution in [0.3, 0.4) is 0 Å². The number of nitrogens with two attached hydrogens (primary N) is 1. The van der Waals surface area contributed by atoms with Gasteiger partial charge in [-0.15, -0.1) is 0 Å². The van der Waals surface area contributed by atoms with E-state index in [1.165, 1.54) is 0 Å². The molecule has 0 aliphatic heterocycles. The van der Waals surface area contributed by atoms with Crippen LogP contribution in [0.5, 0.6) is 0 Å². The van der Waals surface area contributed by atoms with Gasteiger partial charge < -0.3 is 10.5 Å². The van der Waals surface area contributed by atoms with Crippen LogP contribution in [-0.2, 0) is 18.0 Å². The first-order valence-corrected chi connectivity index (χ1v) is 6.68. The Morgan fingerprint density at radius 1 is 1.06 bits per heavy atom. The predicted octanol–water partition coefficient (Wildman–Crippen LogP) is 4.40. The normalized spacial score (nSPS) is 10.6. The zero-order valence-electron chi connectivity index (χ0n) is 9.70. The number of halogens is 2. The largest absolute Gasteiger partial charge is 0.399 e. The van der Waals surface area contributed by atoms with Gasteiger partial charge in [-0.2, -0.15) is 0 Å². The smallest absolute Gasteiger partial charge is 0.0736 e. The molecule has 2 N–H and O–H groups in total. The van der Waals surface area contributed by atoms with E-state index in [2.05, 4.69) is 15.9 Å². The Morgan fingerprint density at radius 3 is 2.50 bits per heavy atom. The lowest BCUT2D eigenvalue weighted by Crippen LogP contribution is -1.96. The minimum Gasteiger partial charge on any atom is -0.399 e. The van der Waals surface area contributed by atoms with Crippen molar-refractivity contribution in [3.05, 3.63) is 63.1 Å². The van der Waals surface area contributed by atoms with Gasteiger partial charge in [0.15, 0.2) is 0 Å². The minimum atomic E-state index is 0.458. The second kappa shape index (κ2) is 6.23. The van der Waals surface area contributed by atoms with E-state index in [4.69, 9.17) is 22.1 Å². The van der Waals surface area contributed by atoms with Crippen LogP contribution in [-0.4, -0.2) is 0 Å². The molecule has 0 spiro atoms. The Kier molecular flexibility index (Phi) is 4.64. The van der Waals surface area contributed by atoms with Crippen LogP contribution >= 0.6 is 27.5 Å². The average molecular weight is 327 g/mol. The fourth-order valence-corrected chi connectivity index (χ4v) is 2.00. The molecule has 0 aliphatic rings. The van der Waals surface area contributed by atoms with Crippen molar-refractivity contribution in [2.24, 2.45) is 0 Å². The number of nitrogen functional groups attached to an aromatic ring is 1. The Hall–Kier alpha value is -1.03. The maximum Gasteiger partial charge on any atom is 0.0736 e. The topological polar surface area (TPSA) is 35.2 Å². The highest BCUT2D eigenvalue weighted by atomic mass is 79.9. The molecule has 0 saturated carbocycles. The van der Waals surface area contributed by atoms with E-state index in [1.807, 2.05) is 30.3 Å². The molecule has 0 amide bonds. The first-order valence-electron chi connectivity index (χ1n) is 5.51. The van der Waals surface area contributed by atoms with Crippen molar-refractivity contribution >= 4 is 33.2 Å². The predicted molar refractivity (Wildman–Crippen MR) is 78.5 cm³/mol. The lowest BCUT2D eigenvalue weighted by atomic mass is 10.2. The molecule has 2 aromatic rings. The first kappa shape index (κ1) is 13.4. The van der Waals surface area contributed by atoms with Crippen LogP contribution in [0.1, 0.15) is 11.1 Å². The van der Waals surface area contributed by atoms with E-state index in [-0.39, 0.29) is 0 Å². The molecule has 0 bridgehead atoms. The third-order valence-electron chi connectivity index (χ3n) is 2.51. The van der Waals surface area contributed by atoms with Gasteiger partial charge in [0.25, 0.3) is 0 Å². The van der Waals surface area contributed by atoms with Gasteiger partial charge in [0, 0.05) is 15.2 Å². The monoisotopic (exact) mass is 325 g/mol. The molecular formula is C14H13BrClNO. The van der Waals surface area contributed by atoms with Crippen LogP contribution < -0.4 is 5.73 Å². The lowest BCUT2D eigenvalue weighted by molar-refractivity contribution is 0.107. The SMILES string of the molecule is Nc1ccc(Cl)c(COCc2ccc(Br)cc2)c1. The third-order valence-corrected chi connectivity index (χ3v) is 3.41. The van der Waals surface area contributed by atoms with E-state index in [9.17, 15) is 0 Å². The fourth-order valence-electron chi connectivity index (χ4n) is 1.56. The van der Waals surface area contributed by atoms with Crippen LogP contribution in [0.4, 0.5) is 5.69 Å². The van der Waals surface area contributed by atoms with E-state index in [1.54, 1.807) is 12.1 Å². The van der Waals surface area contributed by atoms with Crippen LogP contribution in [0.25, 0.3) is 0 Å². The second-order valence-electron chi connectivity index (χ2n) is 3.97. The number of ether oxygens (including phenoxy) is 1. The third kappa shape index (κ3) is 3.73. The Morgan fingerprint density at radius 2 is 1.78 bits per heavy atom. The highest BCUT2D eigenvalue weighted by molar-refractivity contribution is 9.10. The summed E-state index contributed by atoms with van der Waals surface area (Å²) in [4.78, 5) is 0. The van der Waals surface area contributed by atoms with Gasteiger partial charge in [-0.3, -0.25) is 0 Å². The molecule has 2 rings (SSSR count). The fraction of sp³-hybridized carbons (Fsp3) is 0.143. The van der Waals surface area contributed by atoms with Crippen molar-refractivity contribution in [3.63, 3.8) is 0 Å². The summed E-state index contributed by atoms with van der Waals surface area (Å²) in [5.41, 5.74) is 8.44. The molecule has 4 heteroatoms. The Bertz CT molecular complexity index is 528. The molecule has 0 radical (unpaired) electrons. The summed E-state index contributed by atoms with van der Waals surface area (Å²) in [5, 5.41) is 0.681. The second-order valence-corrected chi connectivity index (χ2v) is 5.29. The Labute approximate surface area is 120 Å². The number of hydrogen-bond donors (Lipinski definition) is 1. The van der Waals surface area contributed by atoms with Crippen molar-refractivity contribution < 1.29 is 4.74 Å². The van der Waals surface area contributed by atoms with Crippen LogP contribution in [0, 0.1) is 0 Å². The summed E-state index contributed by atoms with van der Waals surface area (Å²) in [6, 6.07) is 13.4. The van der Waals surface area contributed by atoms with Crippen LogP contribution in [0.2, 0.25) is 5.02 Å². The summed E-state index contributed by atoms with van der Waals surface area (Å²) in [7, 11) is 0. The van der Waals surface area contributed by atoms with E-state index >= 15 is 0 Å². The quantitative estimate of drug-likeness (QED) is 0.845. The van der Waals surface area contributed by atoms with Crippen molar-refractivity contribution in [2.45, 2.75) is 13.2 Å². The maximum absolute atomic E-state index is 6.06. The first-order chi connectivity index (χ1) is 8.65. The van der Waals surface area contributed by atoms with Gasteiger partial charge in [0.2, 0.25) is 0 Å². The molecule has 0 aliphatic carbocycles. The molecule has 0 atom stereocenters. The average Bonchev–Trinajstić information content (AvgIpc) is 2.36. The Balaban J connectivity index is 1.92. The van der Waals surface area contributed by atoms with Gasteiger partial charge in [-0.1, -0.05) is 39.7 Å². The maximum atomic E-state index is 6.06.